The fraction of sp³-hybridized carbons (Fsp3) is 0.308. The Labute approximate surface area is 104 Å². The molecule has 5 nitrogen and oxygen atoms in total. The highest BCUT2D eigenvalue weighted by Gasteiger charge is 2.37. The van der Waals surface area contributed by atoms with Crippen LogP contribution in [0.5, 0.6) is 0 Å². The van der Waals surface area contributed by atoms with Crippen LogP contribution in [0.25, 0.3) is 0 Å². The Kier molecular flexibility index (Phi) is 2.90. The summed E-state index contributed by atoms with van der Waals surface area (Å²) in [5.41, 5.74) is 2.74. The standard InChI is InChI=1S/C13H13NO4/c1-7-3-4-9-11(8(7)2)14(6-5-10(15)16)13(18)12(9)17/h3-4H,5-6H2,1-2H3,(H,15,16). The Balaban J connectivity index is 2.46. The average molecular weight is 247 g/mol. The van der Waals surface area contributed by atoms with Crippen LogP contribution in [0, 0.1) is 13.8 Å². The van der Waals surface area contributed by atoms with Crippen molar-refractivity contribution in [2.75, 3.05) is 11.4 Å². The van der Waals surface area contributed by atoms with Crippen molar-refractivity contribution in [1.29, 1.82) is 0 Å². The Morgan fingerprint density at radius 2 is 1.94 bits per heavy atom. The number of anilines is 1. The summed E-state index contributed by atoms with van der Waals surface area (Å²) in [5.74, 6) is -2.19. The van der Waals surface area contributed by atoms with E-state index >= 15 is 0 Å². The number of carbonyl (C=O) groups excluding carboxylic acids is 2. The SMILES string of the molecule is Cc1ccc2c(c1C)N(CCC(=O)O)C(=O)C2=O. The smallest absolute Gasteiger partial charge is 0.305 e. The van der Waals surface area contributed by atoms with Gasteiger partial charge in [-0.25, -0.2) is 0 Å². The van der Waals surface area contributed by atoms with Gasteiger partial charge in [0, 0.05) is 6.54 Å². The third kappa shape index (κ3) is 1.77. The van der Waals surface area contributed by atoms with E-state index < -0.39 is 17.7 Å². The molecule has 18 heavy (non-hydrogen) atoms. The Hall–Kier alpha value is -2.17. The van der Waals surface area contributed by atoms with Crippen LogP contribution in [0.3, 0.4) is 0 Å². The second kappa shape index (κ2) is 4.25. The summed E-state index contributed by atoms with van der Waals surface area (Å²) in [4.78, 5) is 35.5. The second-order valence-electron chi connectivity index (χ2n) is 4.33. The first kappa shape index (κ1) is 12.3. The van der Waals surface area contributed by atoms with E-state index in [1.54, 1.807) is 12.1 Å². The van der Waals surface area contributed by atoms with Gasteiger partial charge in [-0.15, -0.1) is 0 Å². The topological polar surface area (TPSA) is 74.7 Å². The van der Waals surface area contributed by atoms with E-state index in [4.69, 9.17) is 5.11 Å². The first-order valence-corrected chi connectivity index (χ1v) is 5.61. The molecule has 94 valence electrons. The third-order valence-electron chi connectivity index (χ3n) is 3.21. The van der Waals surface area contributed by atoms with E-state index in [9.17, 15) is 14.4 Å². The van der Waals surface area contributed by atoms with Crippen LogP contribution in [0.15, 0.2) is 12.1 Å². The minimum Gasteiger partial charge on any atom is -0.481 e. The van der Waals surface area contributed by atoms with Gasteiger partial charge in [-0.2, -0.15) is 0 Å². The fourth-order valence-electron chi connectivity index (χ4n) is 2.09. The van der Waals surface area contributed by atoms with Gasteiger partial charge >= 0.3 is 5.97 Å². The van der Waals surface area contributed by atoms with Crippen LogP contribution in [-0.4, -0.2) is 29.3 Å². The number of amides is 1. The number of carbonyl (C=O) groups is 3. The van der Waals surface area contributed by atoms with E-state index in [0.29, 0.717) is 11.3 Å². The van der Waals surface area contributed by atoms with Gasteiger partial charge in [0.1, 0.15) is 0 Å². The Morgan fingerprint density at radius 1 is 1.28 bits per heavy atom. The van der Waals surface area contributed by atoms with Crippen LogP contribution >= 0.6 is 0 Å². The summed E-state index contributed by atoms with van der Waals surface area (Å²) >= 11 is 0. The number of fused-ring (bicyclic) bond motifs is 1. The van der Waals surface area contributed by atoms with Gasteiger partial charge in [-0.3, -0.25) is 14.4 Å². The largest absolute Gasteiger partial charge is 0.481 e. The summed E-state index contributed by atoms with van der Waals surface area (Å²) in [6.07, 6.45) is -0.175. The first-order chi connectivity index (χ1) is 8.43. The normalized spacial score (nSPS) is 14.0. The van der Waals surface area contributed by atoms with Crippen molar-refractivity contribution in [3.8, 4) is 0 Å². The molecule has 0 radical (unpaired) electrons. The summed E-state index contributed by atoms with van der Waals surface area (Å²) in [7, 11) is 0. The van der Waals surface area contributed by atoms with Gasteiger partial charge < -0.3 is 10.0 Å². The Morgan fingerprint density at radius 3 is 2.56 bits per heavy atom. The highest BCUT2D eigenvalue weighted by molar-refractivity contribution is 6.52. The molecule has 0 aromatic heterocycles. The summed E-state index contributed by atoms with van der Waals surface area (Å²) < 4.78 is 0. The average Bonchev–Trinajstić information content (AvgIpc) is 2.55. The predicted molar refractivity (Wildman–Crippen MR) is 64.9 cm³/mol. The molecule has 1 N–H and O–H groups in total. The predicted octanol–water partition coefficient (Wildman–Crippen LogP) is 1.31. The van der Waals surface area contributed by atoms with Crippen molar-refractivity contribution in [3.05, 3.63) is 28.8 Å². The van der Waals surface area contributed by atoms with Gasteiger partial charge in [0.25, 0.3) is 11.7 Å². The van der Waals surface area contributed by atoms with Crippen LogP contribution in [0.4, 0.5) is 5.69 Å². The van der Waals surface area contributed by atoms with Gasteiger partial charge in [-0.1, -0.05) is 6.07 Å². The molecule has 1 amide bonds. The van der Waals surface area contributed by atoms with Gasteiger partial charge in [0.05, 0.1) is 17.7 Å². The summed E-state index contributed by atoms with van der Waals surface area (Å²) in [6, 6.07) is 3.42. The molecular formula is C13H13NO4. The molecular weight excluding hydrogens is 234 g/mol. The van der Waals surface area contributed by atoms with E-state index in [1.807, 2.05) is 13.8 Å². The van der Waals surface area contributed by atoms with Crippen LogP contribution < -0.4 is 4.90 Å². The molecule has 0 aliphatic carbocycles. The molecule has 1 aliphatic heterocycles. The lowest BCUT2D eigenvalue weighted by Crippen LogP contribution is -2.32. The molecule has 0 saturated carbocycles. The molecule has 0 fully saturated rings. The fourth-order valence-corrected chi connectivity index (χ4v) is 2.09. The van der Waals surface area contributed by atoms with Crippen molar-refractivity contribution < 1.29 is 19.5 Å². The minimum atomic E-state index is -0.992. The molecule has 1 aliphatic rings. The lowest BCUT2D eigenvalue weighted by molar-refractivity contribution is -0.136. The number of rotatable bonds is 3. The van der Waals surface area contributed by atoms with Crippen molar-refractivity contribution in [3.63, 3.8) is 0 Å². The molecule has 0 saturated heterocycles. The van der Waals surface area contributed by atoms with E-state index in [1.165, 1.54) is 4.90 Å². The number of benzene rings is 1. The maximum absolute atomic E-state index is 11.8. The number of carboxylic acid groups (broad SMARTS) is 1. The van der Waals surface area contributed by atoms with Gasteiger partial charge in [0.15, 0.2) is 0 Å². The second-order valence-corrected chi connectivity index (χ2v) is 4.33. The lowest BCUT2D eigenvalue weighted by atomic mass is 10.0. The van der Waals surface area contributed by atoms with Crippen molar-refractivity contribution >= 4 is 23.3 Å². The molecule has 0 spiro atoms. The number of carboxylic acids is 1. The van der Waals surface area contributed by atoms with E-state index in [2.05, 4.69) is 0 Å². The van der Waals surface area contributed by atoms with E-state index in [-0.39, 0.29) is 13.0 Å². The monoisotopic (exact) mass is 247 g/mol. The number of nitrogens with zero attached hydrogens (tertiary/aromatic N) is 1. The van der Waals surface area contributed by atoms with Crippen LogP contribution in [0.1, 0.15) is 27.9 Å². The molecule has 0 atom stereocenters. The summed E-state index contributed by atoms with van der Waals surface area (Å²) in [6.45, 7) is 3.74. The highest BCUT2D eigenvalue weighted by atomic mass is 16.4. The molecule has 1 aromatic carbocycles. The molecule has 5 heteroatoms. The number of Topliss-reactive ketones (excluding diaryl/α,β-unsaturated/α-hetero) is 1. The quantitative estimate of drug-likeness (QED) is 0.817. The zero-order chi connectivity index (χ0) is 13.4. The van der Waals surface area contributed by atoms with Crippen molar-refractivity contribution in [1.82, 2.24) is 0 Å². The zero-order valence-electron chi connectivity index (χ0n) is 10.2. The third-order valence-corrected chi connectivity index (χ3v) is 3.21. The number of hydrogen-bond donors (Lipinski definition) is 1. The molecule has 1 aromatic rings. The Bertz CT molecular complexity index is 562. The number of ketones is 1. The molecule has 0 unspecified atom stereocenters. The van der Waals surface area contributed by atoms with Crippen LogP contribution in [0.2, 0.25) is 0 Å². The maximum atomic E-state index is 11.8. The van der Waals surface area contributed by atoms with Crippen molar-refractivity contribution in [2.45, 2.75) is 20.3 Å². The minimum absolute atomic E-state index is 0.0250. The molecule has 2 rings (SSSR count). The maximum Gasteiger partial charge on any atom is 0.305 e. The molecule has 1 heterocycles. The van der Waals surface area contributed by atoms with Gasteiger partial charge in [-0.05, 0) is 31.0 Å². The van der Waals surface area contributed by atoms with Crippen molar-refractivity contribution in [2.24, 2.45) is 0 Å². The zero-order valence-corrected chi connectivity index (χ0v) is 10.2. The summed E-state index contributed by atoms with van der Waals surface area (Å²) in [5, 5.41) is 8.67. The van der Waals surface area contributed by atoms with E-state index in [0.717, 1.165) is 11.1 Å². The van der Waals surface area contributed by atoms with Gasteiger partial charge in [0.2, 0.25) is 0 Å². The number of aryl methyl sites for hydroxylation is 1. The van der Waals surface area contributed by atoms with Crippen LogP contribution in [-0.2, 0) is 9.59 Å². The number of hydrogen-bond acceptors (Lipinski definition) is 3. The highest BCUT2D eigenvalue weighted by Crippen LogP contribution is 2.33. The first-order valence-electron chi connectivity index (χ1n) is 5.61. The molecule has 0 bridgehead atoms. The number of aliphatic carboxylic acids is 1. The lowest BCUT2D eigenvalue weighted by Gasteiger charge is -2.18.